The van der Waals surface area contributed by atoms with E-state index in [-0.39, 0.29) is 23.4 Å². The van der Waals surface area contributed by atoms with E-state index in [2.05, 4.69) is 30.8 Å². The van der Waals surface area contributed by atoms with Crippen LogP contribution in [0.1, 0.15) is 48.0 Å². The Labute approximate surface area is 204 Å². The molecule has 10 nitrogen and oxygen atoms in total. The number of aromatic nitrogens is 3. The van der Waals surface area contributed by atoms with E-state index in [1.165, 1.54) is 6.42 Å². The second-order valence-corrected chi connectivity index (χ2v) is 9.75. The molecule has 0 aromatic carbocycles. The number of pyridine rings is 1. The number of hydrogen-bond donors (Lipinski definition) is 3. The fourth-order valence-electron chi connectivity index (χ4n) is 5.72. The predicted molar refractivity (Wildman–Crippen MR) is 132 cm³/mol. The number of rotatable bonds is 3. The van der Waals surface area contributed by atoms with E-state index in [4.69, 9.17) is 4.98 Å². The quantitative estimate of drug-likeness (QED) is 0.616. The molecule has 4 aliphatic rings. The molecule has 5 heterocycles. The maximum Gasteiger partial charge on any atom is 0.255 e. The number of hydrogen-bond acceptors (Lipinski definition) is 8. The van der Waals surface area contributed by atoms with Gasteiger partial charge in [0.2, 0.25) is 11.9 Å². The first-order valence-electron chi connectivity index (χ1n) is 12.5. The molecule has 35 heavy (non-hydrogen) atoms. The Hall–Kier alpha value is -3.53. The first-order valence-corrected chi connectivity index (χ1v) is 12.5. The van der Waals surface area contributed by atoms with Crippen molar-refractivity contribution in [1.82, 2.24) is 30.5 Å². The molecule has 2 saturated heterocycles. The van der Waals surface area contributed by atoms with Crippen LogP contribution in [0.4, 0.5) is 17.6 Å². The van der Waals surface area contributed by atoms with Gasteiger partial charge in [0.1, 0.15) is 17.7 Å². The molecule has 0 radical (unpaired) electrons. The van der Waals surface area contributed by atoms with E-state index in [9.17, 15) is 9.59 Å². The smallest absolute Gasteiger partial charge is 0.255 e. The van der Waals surface area contributed by atoms with Gasteiger partial charge in [-0.1, -0.05) is 31.4 Å². The zero-order valence-corrected chi connectivity index (χ0v) is 19.7. The minimum atomic E-state index is -0.356. The lowest BCUT2D eigenvalue weighted by atomic mass is 9.77. The van der Waals surface area contributed by atoms with Crippen molar-refractivity contribution < 1.29 is 9.59 Å². The number of carbonyl (C=O) groups is 2. The highest BCUT2D eigenvalue weighted by Gasteiger charge is 2.49. The Balaban J connectivity index is 1.25. The molecule has 182 valence electrons. The Bertz CT molecular complexity index is 1150. The average Bonchev–Trinajstić information content (AvgIpc) is 2.91. The van der Waals surface area contributed by atoms with Crippen LogP contribution in [0, 0.1) is 0 Å². The van der Waals surface area contributed by atoms with Gasteiger partial charge in [-0.15, -0.1) is 0 Å². The summed E-state index contributed by atoms with van der Waals surface area (Å²) in [7, 11) is 0. The first kappa shape index (κ1) is 22.0. The SMILES string of the molecule is O=C1NCC2(CCCCC2)N2c3nc(Nc4ccc(C(=O)N5CCNCC5)cn4)ncc3C=CC12. The molecule has 10 heteroatoms. The third-order valence-corrected chi connectivity index (χ3v) is 7.57. The van der Waals surface area contributed by atoms with Crippen LogP contribution in [0.25, 0.3) is 6.08 Å². The molecule has 3 N–H and O–H groups in total. The summed E-state index contributed by atoms with van der Waals surface area (Å²) in [5, 5.41) is 9.56. The van der Waals surface area contributed by atoms with Gasteiger partial charge >= 0.3 is 0 Å². The Morgan fingerprint density at radius 3 is 2.69 bits per heavy atom. The number of anilines is 3. The zero-order valence-electron chi connectivity index (χ0n) is 19.7. The van der Waals surface area contributed by atoms with Crippen molar-refractivity contribution in [1.29, 1.82) is 0 Å². The van der Waals surface area contributed by atoms with E-state index < -0.39 is 0 Å². The molecule has 3 fully saturated rings. The zero-order chi connectivity index (χ0) is 23.8. The van der Waals surface area contributed by atoms with E-state index in [0.717, 1.165) is 50.2 Å². The van der Waals surface area contributed by atoms with Crippen molar-refractivity contribution in [2.24, 2.45) is 0 Å². The molecule has 1 spiro atoms. The molecule has 1 saturated carbocycles. The monoisotopic (exact) mass is 474 g/mol. The van der Waals surface area contributed by atoms with Crippen molar-refractivity contribution in [2.75, 3.05) is 42.9 Å². The molecular formula is C25H30N8O2. The van der Waals surface area contributed by atoms with Gasteiger partial charge in [-0.25, -0.2) is 9.97 Å². The van der Waals surface area contributed by atoms with Gasteiger partial charge in [-0.3, -0.25) is 9.59 Å². The third kappa shape index (κ3) is 4.01. The van der Waals surface area contributed by atoms with Crippen LogP contribution in [0.3, 0.4) is 0 Å². The lowest BCUT2D eigenvalue weighted by Gasteiger charge is -2.54. The van der Waals surface area contributed by atoms with E-state index in [1.807, 2.05) is 17.1 Å². The standard InChI is InChI=1S/C25H30N8O2/c34-22-19-6-4-17-14-28-24(31-21(17)33(19)25(16-29-22)8-2-1-3-9-25)30-20-7-5-18(15-27-20)23(35)32-12-10-26-11-13-32/h4-7,14-15,19,26H,1-3,8-13,16H2,(H,29,34)(H,27,28,30,31). The van der Waals surface area contributed by atoms with Crippen LogP contribution in [0.2, 0.25) is 0 Å². The van der Waals surface area contributed by atoms with Gasteiger partial charge in [0.25, 0.3) is 5.91 Å². The minimum absolute atomic E-state index is 0.00503. The largest absolute Gasteiger partial charge is 0.352 e. The normalized spacial score (nSPS) is 22.9. The fraction of sp³-hybridized carbons (Fsp3) is 0.480. The number of nitrogens with one attached hydrogen (secondary N) is 3. The van der Waals surface area contributed by atoms with Gasteiger partial charge < -0.3 is 25.8 Å². The van der Waals surface area contributed by atoms with Crippen molar-refractivity contribution >= 4 is 35.5 Å². The number of amides is 2. The molecule has 0 bridgehead atoms. The Morgan fingerprint density at radius 1 is 1.09 bits per heavy atom. The van der Waals surface area contributed by atoms with Gasteiger partial charge in [-0.05, 0) is 25.0 Å². The highest BCUT2D eigenvalue weighted by Crippen LogP contribution is 2.42. The van der Waals surface area contributed by atoms with Crippen LogP contribution in [-0.4, -0.2) is 76.0 Å². The maximum absolute atomic E-state index is 12.7. The molecule has 1 atom stereocenters. The topological polar surface area (TPSA) is 115 Å². The highest BCUT2D eigenvalue weighted by atomic mass is 16.2. The van der Waals surface area contributed by atoms with Gasteiger partial charge in [0.15, 0.2) is 0 Å². The summed E-state index contributed by atoms with van der Waals surface area (Å²) >= 11 is 0. The van der Waals surface area contributed by atoms with Crippen molar-refractivity contribution in [3.05, 3.63) is 41.7 Å². The number of nitrogens with zero attached hydrogens (tertiary/aromatic N) is 5. The molecular weight excluding hydrogens is 444 g/mol. The Morgan fingerprint density at radius 2 is 1.91 bits per heavy atom. The summed E-state index contributed by atoms with van der Waals surface area (Å²) in [4.78, 5) is 43.3. The first-order chi connectivity index (χ1) is 17.1. The number of piperazine rings is 2. The second-order valence-electron chi connectivity index (χ2n) is 9.75. The Kier molecular flexibility index (Phi) is 5.60. The van der Waals surface area contributed by atoms with E-state index in [1.54, 1.807) is 24.5 Å². The van der Waals surface area contributed by atoms with Crippen LogP contribution in [-0.2, 0) is 4.79 Å². The maximum atomic E-state index is 12.7. The van der Waals surface area contributed by atoms with E-state index >= 15 is 0 Å². The van der Waals surface area contributed by atoms with Gasteiger partial charge in [0.05, 0.1) is 11.1 Å². The summed E-state index contributed by atoms with van der Waals surface area (Å²) in [5.74, 6) is 1.78. The van der Waals surface area contributed by atoms with Crippen LogP contribution in [0.5, 0.6) is 0 Å². The fourth-order valence-corrected chi connectivity index (χ4v) is 5.72. The van der Waals surface area contributed by atoms with Crippen molar-refractivity contribution in [3.63, 3.8) is 0 Å². The highest BCUT2D eigenvalue weighted by molar-refractivity contribution is 5.94. The molecule has 2 amide bonds. The molecule has 1 unspecified atom stereocenters. The minimum Gasteiger partial charge on any atom is -0.352 e. The summed E-state index contributed by atoms with van der Waals surface area (Å²) in [5.41, 5.74) is 1.36. The molecule has 3 aliphatic heterocycles. The number of carbonyl (C=O) groups excluding carboxylic acids is 2. The van der Waals surface area contributed by atoms with E-state index in [0.29, 0.717) is 37.0 Å². The molecule has 1 aliphatic carbocycles. The van der Waals surface area contributed by atoms with Crippen molar-refractivity contribution in [3.8, 4) is 0 Å². The predicted octanol–water partition coefficient (Wildman–Crippen LogP) is 1.70. The van der Waals surface area contributed by atoms with Gasteiger partial charge in [0, 0.05) is 50.7 Å². The third-order valence-electron chi connectivity index (χ3n) is 7.57. The lowest BCUT2D eigenvalue weighted by molar-refractivity contribution is -0.123. The lowest BCUT2D eigenvalue weighted by Crippen LogP contribution is -2.69. The summed E-state index contributed by atoms with van der Waals surface area (Å²) in [6, 6.07) is 3.20. The summed E-state index contributed by atoms with van der Waals surface area (Å²) in [6.45, 7) is 3.67. The molecule has 2 aromatic heterocycles. The second kappa shape index (κ2) is 8.92. The summed E-state index contributed by atoms with van der Waals surface area (Å²) < 4.78 is 0. The molecule has 2 aromatic rings. The molecule has 6 rings (SSSR count). The number of fused-ring (bicyclic) bond motifs is 4. The summed E-state index contributed by atoms with van der Waals surface area (Å²) in [6.07, 6.45) is 12.9. The van der Waals surface area contributed by atoms with Crippen LogP contribution >= 0.6 is 0 Å². The van der Waals surface area contributed by atoms with Gasteiger partial charge in [-0.2, -0.15) is 4.98 Å². The van der Waals surface area contributed by atoms with Crippen LogP contribution in [0.15, 0.2) is 30.6 Å². The van der Waals surface area contributed by atoms with Crippen molar-refractivity contribution in [2.45, 2.75) is 43.7 Å². The van der Waals surface area contributed by atoms with Crippen LogP contribution < -0.4 is 20.9 Å². The average molecular weight is 475 g/mol.